The molecule has 3 N–H and O–H groups in total. The Bertz CT molecular complexity index is 967. The third-order valence-corrected chi connectivity index (χ3v) is 5.01. The number of guanidine groups is 1. The summed E-state index contributed by atoms with van der Waals surface area (Å²) in [4.78, 5) is 8.31. The molecule has 0 radical (unpaired) electrons. The van der Waals surface area contributed by atoms with Crippen molar-refractivity contribution in [1.82, 2.24) is 20.8 Å². The van der Waals surface area contributed by atoms with Crippen molar-refractivity contribution in [1.29, 1.82) is 0 Å². The van der Waals surface area contributed by atoms with E-state index in [0.717, 1.165) is 29.5 Å². The number of nitrogens with one attached hydrogen (secondary N) is 3. The molecule has 0 fully saturated rings. The maximum Gasteiger partial charge on any atom is 0.191 e. The Balaban J connectivity index is 0.00000280. The van der Waals surface area contributed by atoms with Crippen LogP contribution in [0.2, 0.25) is 0 Å². The molecule has 0 saturated heterocycles. The largest absolute Gasteiger partial charge is 0.361 e. The molecule has 28 heavy (non-hydrogen) atoms. The molecule has 3 aromatic rings. The molecule has 0 aliphatic heterocycles. The number of halogens is 1. The first-order valence-electron chi connectivity index (χ1n) is 9.43. The summed E-state index contributed by atoms with van der Waals surface area (Å²) < 4.78 is 5.24. The van der Waals surface area contributed by atoms with E-state index in [0.29, 0.717) is 13.1 Å². The Hall–Kier alpha value is -2.03. The molecule has 0 spiro atoms. The number of aliphatic imine (C=N–C) groups is 1. The predicted octanol–water partition coefficient (Wildman–Crippen LogP) is 4.57. The molecule has 0 bridgehead atoms. The first kappa shape index (κ1) is 22.3. The van der Waals surface area contributed by atoms with Crippen molar-refractivity contribution in [3.05, 3.63) is 51.5 Å². The van der Waals surface area contributed by atoms with E-state index in [-0.39, 0.29) is 24.0 Å². The normalized spacial score (nSPS) is 11.6. The van der Waals surface area contributed by atoms with Gasteiger partial charge in [-0.2, -0.15) is 0 Å². The summed E-state index contributed by atoms with van der Waals surface area (Å²) >= 11 is 0. The monoisotopic (exact) mass is 495 g/mol. The van der Waals surface area contributed by atoms with E-state index in [4.69, 9.17) is 9.52 Å². The first-order chi connectivity index (χ1) is 12.9. The SMILES string of the molecule is CCNC(=NCc1cc(C)cc2c(C)c(C)[nH]c12)NCc1c(C)noc1C.I. The average molecular weight is 495 g/mol. The maximum atomic E-state index is 5.24. The van der Waals surface area contributed by atoms with Gasteiger partial charge in [0.1, 0.15) is 5.76 Å². The van der Waals surface area contributed by atoms with Gasteiger partial charge in [0.05, 0.1) is 17.8 Å². The number of nitrogens with zero attached hydrogens (tertiary/aromatic N) is 2. The van der Waals surface area contributed by atoms with E-state index >= 15 is 0 Å². The summed E-state index contributed by atoms with van der Waals surface area (Å²) in [5.41, 5.74) is 8.15. The van der Waals surface area contributed by atoms with Crippen molar-refractivity contribution >= 4 is 40.8 Å². The molecule has 7 heteroatoms. The topological polar surface area (TPSA) is 78.2 Å². The highest BCUT2D eigenvalue weighted by Crippen LogP contribution is 2.26. The highest BCUT2D eigenvalue weighted by molar-refractivity contribution is 14.0. The van der Waals surface area contributed by atoms with Crippen molar-refractivity contribution in [2.75, 3.05) is 6.54 Å². The van der Waals surface area contributed by atoms with Gasteiger partial charge in [-0.15, -0.1) is 24.0 Å². The summed E-state index contributed by atoms with van der Waals surface area (Å²) in [6.07, 6.45) is 0. The molecule has 0 saturated carbocycles. The van der Waals surface area contributed by atoms with Gasteiger partial charge in [-0.1, -0.05) is 16.8 Å². The Morgan fingerprint density at radius 2 is 1.89 bits per heavy atom. The third kappa shape index (κ3) is 4.68. The van der Waals surface area contributed by atoms with E-state index < -0.39 is 0 Å². The molecular formula is C21H30IN5O. The fourth-order valence-corrected chi connectivity index (χ4v) is 3.35. The first-order valence-corrected chi connectivity index (χ1v) is 9.43. The van der Waals surface area contributed by atoms with Crippen molar-refractivity contribution in [2.24, 2.45) is 4.99 Å². The Labute approximate surface area is 183 Å². The number of benzene rings is 1. The summed E-state index contributed by atoms with van der Waals surface area (Å²) in [6, 6.07) is 4.45. The number of fused-ring (bicyclic) bond motifs is 1. The van der Waals surface area contributed by atoms with Crippen molar-refractivity contribution in [3.8, 4) is 0 Å². The van der Waals surface area contributed by atoms with Crippen LogP contribution in [0.3, 0.4) is 0 Å². The highest BCUT2D eigenvalue weighted by atomic mass is 127. The van der Waals surface area contributed by atoms with Crippen LogP contribution < -0.4 is 10.6 Å². The van der Waals surface area contributed by atoms with Crippen LogP contribution in [0.1, 0.15) is 46.3 Å². The van der Waals surface area contributed by atoms with E-state index in [1.165, 1.54) is 33.3 Å². The number of aromatic nitrogens is 2. The molecule has 6 nitrogen and oxygen atoms in total. The summed E-state index contributed by atoms with van der Waals surface area (Å²) in [6.45, 7) is 14.4. The Kier molecular flexibility index (Phi) is 7.51. The number of hydrogen-bond acceptors (Lipinski definition) is 3. The van der Waals surface area contributed by atoms with Gasteiger partial charge in [0.25, 0.3) is 0 Å². The van der Waals surface area contributed by atoms with Crippen LogP contribution in [0.15, 0.2) is 21.6 Å². The average Bonchev–Trinajstić information content (AvgIpc) is 3.10. The lowest BCUT2D eigenvalue weighted by Gasteiger charge is -2.11. The van der Waals surface area contributed by atoms with Gasteiger partial charge in [-0.25, -0.2) is 4.99 Å². The molecule has 2 heterocycles. The molecule has 0 amide bonds. The minimum Gasteiger partial charge on any atom is -0.361 e. The molecule has 2 aromatic heterocycles. The second kappa shape index (κ2) is 9.45. The number of rotatable bonds is 5. The fraction of sp³-hybridized carbons (Fsp3) is 0.429. The van der Waals surface area contributed by atoms with Gasteiger partial charge in [-0.05, 0) is 58.7 Å². The summed E-state index contributed by atoms with van der Waals surface area (Å²) in [7, 11) is 0. The van der Waals surface area contributed by atoms with E-state index in [1.807, 2.05) is 13.8 Å². The summed E-state index contributed by atoms with van der Waals surface area (Å²) in [5.74, 6) is 1.63. The fourth-order valence-electron chi connectivity index (χ4n) is 3.35. The molecule has 0 aliphatic rings. The maximum absolute atomic E-state index is 5.24. The smallest absolute Gasteiger partial charge is 0.191 e. The van der Waals surface area contributed by atoms with Crippen LogP contribution in [0.25, 0.3) is 10.9 Å². The second-order valence-electron chi connectivity index (χ2n) is 7.07. The van der Waals surface area contributed by atoms with Crippen LogP contribution >= 0.6 is 24.0 Å². The second-order valence-corrected chi connectivity index (χ2v) is 7.07. The van der Waals surface area contributed by atoms with Crippen molar-refractivity contribution in [2.45, 2.75) is 54.6 Å². The van der Waals surface area contributed by atoms with Gasteiger partial charge >= 0.3 is 0 Å². The Morgan fingerprint density at radius 1 is 1.14 bits per heavy atom. The number of aryl methyl sites for hydroxylation is 5. The van der Waals surface area contributed by atoms with Gasteiger partial charge in [0.2, 0.25) is 0 Å². The standard InChI is InChI=1S/C21H29N5O.HI/c1-7-22-21(24-11-19-15(5)26-27-16(19)6)23-10-17-8-12(2)9-18-13(3)14(4)25-20(17)18;/h8-9,25H,7,10-11H2,1-6H3,(H2,22,23,24);1H. The van der Waals surface area contributed by atoms with Crippen molar-refractivity contribution in [3.63, 3.8) is 0 Å². The lowest BCUT2D eigenvalue weighted by Crippen LogP contribution is -2.37. The number of aromatic amines is 1. The molecular weight excluding hydrogens is 465 g/mol. The van der Waals surface area contributed by atoms with Crippen LogP contribution in [0, 0.1) is 34.6 Å². The number of H-pyrrole nitrogens is 1. The van der Waals surface area contributed by atoms with E-state index in [2.05, 4.69) is 60.6 Å². The zero-order valence-electron chi connectivity index (χ0n) is 17.5. The molecule has 0 aliphatic carbocycles. The Morgan fingerprint density at radius 3 is 2.54 bits per heavy atom. The minimum atomic E-state index is 0. The molecule has 0 atom stereocenters. The highest BCUT2D eigenvalue weighted by Gasteiger charge is 2.11. The van der Waals surface area contributed by atoms with Gasteiger partial charge in [0.15, 0.2) is 5.96 Å². The van der Waals surface area contributed by atoms with Crippen LogP contribution in [-0.2, 0) is 13.1 Å². The van der Waals surface area contributed by atoms with Gasteiger partial charge in [-0.3, -0.25) is 0 Å². The molecule has 3 rings (SSSR count). The van der Waals surface area contributed by atoms with Gasteiger partial charge < -0.3 is 20.1 Å². The van der Waals surface area contributed by atoms with Crippen LogP contribution in [-0.4, -0.2) is 22.6 Å². The summed E-state index contributed by atoms with van der Waals surface area (Å²) in [5, 5.41) is 12.0. The quantitative estimate of drug-likeness (QED) is 0.275. The van der Waals surface area contributed by atoms with E-state index in [1.54, 1.807) is 0 Å². The third-order valence-electron chi connectivity index (χ3n) is 5.01. The van der Waals surface area contributed by atoms with Crippen molar-refractivity contribution < 1.29 is 4.52 Å². The predicted molar refractivity (Wildman–Crippen MR) is 126 cm³/mol. The zero-order valence-corrected chi connectivity index (χ0v) is 19.8. The van der Waals surface area contributed by atoms with E-state index in [9.17, 15) is 0 Å². The molecule has 0 unspecified atom stereocenters. The van der Waals surface area contributed by atoms with Gasteiger partial charge in [0, 0.05) is 29.7 Å². The zero-order chi connectivity index (χ0) is 19.6. The lowest BCUT2D eigenvalue weighted by molar-refractivity contribution is 0.392. The molecule has 1 aromatic carbocycles. The number of hydrogen-bond donors (Lipinski definition) is 3. The van der Waals surface area contributed by atoms with Crippen LogP contribution in [0.4, 0.5) is 0 Å². The lowest BCUT2D eigenvalue weighted by atomic mass is 10.0. The van der Waals surface area contributed by atoms with Crippen LogP contribution in [0.5, 0.6) is 0 Å². The molecule has 152 valence electrons. The minimum absolute atomic E-state index is 0.